The summed E-state index contributed by atoms with van der Waals surface area (Å²) >= 11 is 0. The second-order valence-corrected chi connectivity index (χ2v) is 7.11. The van der Waals surface area contributed by atoms with Crippen LogP contribution in [0.3, 0.4) is 0 Å². The van der Waals surface area contributed by atoms with Crippen LogP contribution in [0.15, 0.2) is 36.4 Å². The molecule has 1 aliphatic rings. The highest BCUT2D eigenvalue weighted by atomic mass is 16.2. The molecule has 0 bridgehead atoms. The van der Waals surface area contributed by atoms with Gasteiger partial charge in [0.2, 0.25) is 5.91 Å². The van der Waals surface area contributed by atoms with Crippen molar-refractivity contribution in [3.8, 4) is 0 Å². The highest BCUT2D eigenvalue weighted by Crippen LogP contribution is 2.27. The lowest BCUT2D eigenvalue weighted by atomic mass is 9.95. The minimum Gasteiger partial charge on any atom is -0.365 e. The van der Waals surface area contributed by atoms with Gasteiger partial charge < -0.3 is 16.0 Å². The molecule has 1 aliphatic heterocycles. The Bertz CT molecular complexity index is 828. The zero-order valence-corrected chi connectivity index (χ0v) is 15.9. The number of aromatic nitrogens is 1. The molecular weight excluding hydrogens is 340 g/mol. The number of benzene rings is 1. The summed E-state index contributed by atoms with van der Waals surface area (Å²) in [6, 6.07) is 11.8. The van der Waals surface area contributed by atoms with Crippen molar-refractivity contribution >= 4 is 17.6 Å². The van der Waals surface area contributed by atoms with Crippen molar-refractivity contribution in [3.05, 3.63) is 58.8 Å². The number of carbonyl (C=O) groups excluding carboxylic acids is 2. The quantitative estimate of drug-likeness (QED) is 0.850. The molecule has 6 nitrogen and oxygen atoms in total. The first-order valence-electron chi connectivity index (χ1n) is 9.30. The zero-order valence-electron chi connectivity index (χ0n) is 15.9. The van der Waals surface area contributed by atoms with Gasteiger partial charge in [-0.1, -0.05) is 30.3 Å². The molecule has 142 valence electrons. The molecule has 0 aliphatic carbocycles. The fraction of sp³-hybridized carbons (Fsp3) is 0.381. The third kappa shape index (κ3) is 4.45. The Morgan fingerprint density at radius 3 is 2.48 bits per heavy atom. The number of rotatable bonds is 5. The van der Waals surface area contributed by atoms with E-state index in [-0.39, 0.29) is 11.8 Å². The number of piperidine rings is 1. The SMILES string of the molecule is Cc1cc(C)c(C(N)=O)c(N2CCC(C(=O)NCc3ccccc3)CC2)n1. The number of nitrogens with two attached hydrogens (primary N) is 1. The predicted octanol–water partition coefficient (Wildman–Crippen LogP) is 2.33. The maximum atomic E-state index is 12.5. The third-order valence-electron chi connectivity index (χ3n) is 5.05. The van der Waals surface area contributed by atoms with Crippen molar-refractivity contribution in [2.24, 2.45) is 11.7 Å². The van der Waals surface area contributed by atoms with Crippen LogP contribution in [0.1, 0.15) is 40.0 Å². The molecule has 0 atom stereocenters. The second-order valence-electron chi connectivity index (χ2n) is 7.11. The van der Waals surface area contributed by atoms with Crippen molar-refractivity contribution in [2.75, 3.05) is 18.0 Å². The molecule has 27 heavy (non-hydrogen) atoms. The van der Waals surface area contributed by atoms with Crippen LogP contribution < -0.4 is 16.0 Å². The van der Waals surface area contributed by atoms with Gasteiger partial charge >= 0.3 is 0 Å². The van der Waals surface area contributed by atoms with Gasteiger partial charge in [-0.05, 0) is 43.9 Å². The van der Waals surface area contributed by atoms with Gasteiger partial charge in [0.05, 0.1) is 5.56 Å². The fourth-order valence-corrected chi connectivity index (χ4v) is 3.63. The molecule has 3 N–H and O–H groups in total. The number of anilines is 1. The lowest BCUT2D eigenvalue weighted by Crippen LogP contribution is -2.41. The van der Waals surface area contributed by atoms with E-state index in [1.165, 1.54) is 0 Å². The lowest BCUT2D eigenvalue weighted by Gasteiger charge is -2.33. The number of nitrogens with zero attached hydrogens (tertiary/aromatic N) is 2. The van der Waals surface area contributed by atoms with Crippen molar-refractivity contribution in [1.29, 1.82) is 0 Å². The van der Waals surface area contributed by atoms with E-state index in [0.717, 1.165) is 29.7 Å². The van der Waals surface area contributed by atoms with Crippen LogP contribution in [0.5, 0.6) is 0 Å². The molecule has 2 aromatic rings. The molecular formula is C21H26N4O2. The Morgan fingerprint density at radius 2 is 1.85 bits per heavy atom. The molecule has 3 rings (SSSR count). The first-order chi connectivity index (χ1) is 13.0. The van der Waals surface area contributed by atoms with Gasteiger partial charge in [-0.3, -0.25) is 9.59 Å². The molecule has 1 aromatic carbocycles. The lowest BCUT2D eigenvalue weighted by molar-refractivity contribution is -0.125. The zero-order chi connectivity index (χ0) is 19.4. The smallest absolute Gasteiger partial charge is 0.252 e. The van der Waals surface area contributed by atoms with Crippen LogP contribution in [0.2, 0.25) is 0 Å². The van der Waals surface area contributed by atoms with E-state index < -0.39 is 5.91 Å². The van der Waals surface area contributed by atoms with Gasteiger partial charge in [0.25, 0.3) is 5.91 Å². The maximum Gasteiger partial charge on any atom is 0.252 e. The molecule has 0 radical (unpaired) electrons. The number of primary amides is 1. The molecule has 2 heterocycles. The van der Waals surface area contributed by atoms with Crippen LogP contribution in [-0.2, 0) is 11.3 Å². The number of nitrogens with one attached hydrogen (secondary N) is 1. The molecule has 0 saturated carbocycles. The summed E-state index contributed by atoms with van der Waals surface area (Å²) < 4.78 is 0. The Kier molecular flexibility index (Phi) is 5.74. The normalized spacial score (nSPS) is 14.8. The van der Waals surface area contributed by atoms with Crippen LogP contribution >= 0.6 is 0 Å². The molecule has 1 fully saturated rings. The summed E-state index contributed by atoms with van der Waals surface area (Å²) in [6.07, 6.45) is 1.46. The number of pyridine rings is 1. The van der Waals surface area contributed by atoms with Gasteiger partial charge in [0.1, 0.15) is 5.82 Å². The largest absolute Gasteiger partial charge is 0.365 e. The molecule has 6 heteroatoms. The average molecular weight is 366 g/mol. The van der Waals surface area contributed by atoms with E-state index >= 15 is 0 Å². The van der Waals surface area contributed by atoms with E-state index in [2.05, 4.69) is 15.2 Å². The molecule has 1 saturated heterocycles. The van der Waals surface area contributed by atoms with E-state index in [1.54, 1.807) is 0 Å². The van der Waals surface area contributed by atoms with Crippen LogP contribution in [0, 0.1) is 19.8 Å². The predicted molar refractivity (Wildman–Crippen MR) is 105 cm³/mol. The first-order valence-corrected chi connectivity index (χ1v) is 9.30. The summed E-state index contributed by atoms with van der Waals surface area (Å²) in [4.78, 5) is 31.0. The molecule has 0 spiro atoms. The first kappa shape index (κ1) is 18.9. The number of hydrogen-bond donors (Lipinski definition) is 2. The Hall–Kier alpha value is -2.89. The Labute approximate surface area is 159 Å². The maximum absolute atomic E-state index is 12.5. The number of hydrogen-bond acceptors (Lipinski definition) is 4. The van der Waals surface area contributed by atoms with Crippen molar-refractivity contribution in [2.45, 2.75) is 33.2 Å². The summed E-state index contributed by atoms with van der Waals surface area (Å²) in [5.74, 6) is 0.246. The summed E-state index contributed by atoms with van der Waals surface area (Å²) in [5.41, 5.74) is 8.84. The highest BCUT2D eigenvalue weighted by Gasteiger charge is 2.28. The molecule has 0 unspecified atom stereocenters. The minimum absolute atomic E-state index is 0.0205. The van der Waals surface area contributed by atoms with Crippen molar-refractivity contribution in [3.63, 3.8) is 0 Å². The van der Waals surface area contributed by atoms with Gasteiger partial charge in [0.15, 0.2) is 0 Å². The number of amides is 2. The topological polar surface area (TPSA) is 88.3 Å². The van der Waals surface area contributed by atoms with Crippen LogP contribution in [-0.4, -0.2) is 29.9 Å². The van der Waals surface area contributed by atoms with Crippen molar-refractivity contribution in [1.82, 2.24) is 10.3 Å². The molecule has 2 amide bonds. The summed E-state index contributed by atoms with van der Waals surface area (Å²) in [7, 11) is 0. The highest BCUT2D eigenvalue weighted by molar-refractivity contribution is 5.99. The van der Waals surface area contributed by atoms with Crippen molar-refractivity contribution < 1.29 is 9.59 Å². The van der Waals surface area contributed by atoms with E-state index in [4.69, 9.17) is 5.73 Å². The van der Waals surface area contributed by atoms with Gasteiger partial charge in [-0.2, -0.15) is 0 Å². The minimum atomic E-state index is -0.460. The van der Waals surface area contributed by atoms with Gasteiger partial charge in [-0.15, -0.1) is 0 Å². The van der Waals surface area contributed by atoms with Crippen LogP contribution in [0.25, 0.3) is 0 Å². The third-order valence-corrected chi connectivity index (χ3v) is 5.05. The summed E-state index contributed by atoms with van der Waals surface area (Å²) in [5, 5.41) is 3.02. The monoisotopic (exact) mass is 366 g/mol. The number of aryl methyl sites for hydroxylation is 2. The summed E-state index contributed by atoms with van der Waals surface area (Å²) in [6.45, 7) is 5.69. The van der Waals surface area contributed by atoms with Crippen LogP contribution in [0.4, 0.5) is 5.82 Å². The second kappa shape index (κ2) is 8.20. The van der Waals surface area contributed by atoms with Gasteiger partial charge in [0, 0.05) is 31.2 Å². The van der Waals surface area contributed by atoms with E-state index in [9.17, 15) is 9.59 Å². The fourth-order valence-electron chi connectivity index (χ4n) is 3.63. The Morgan fingerprint density at radius 1 is 1.19 bits per heavy atom. The van der Waals surface area contributed by atoms with E-state index in [1.807, 2.05) is 50.2 Å². The van der Waals surface area contributed by atoms with E-state index in [0.29, 0.717) is 31.0 Å². The number of carbonyl (C=O) groups is 2. The Balaban J connectivity index is 1.62. The standard InChI is InChI=1S/C21H26N4O2/c1-14-12-15(2)24-20(18(14)19(22)26)25-10-8-17(9-11-25)21(27)23-13-16-6-4-3-5-7-16/h3-7,12,17H,8-11,13H2,1-2H3,(H2,22,26)(H,23,27). The van der Waals surface area contributed by atoms with Gasteiger partial charge in [-0.25, -0.2) is 4.98 Å². The average Bonchev–Trinajstić information content (AvgIpc) is 2.66. The molecule has 1 aromatic heterocycles.